The summed E-state index contributed by atoms with van der Waals surface area (Å²) in [6.45, 7) is 4.93. The van der Waals surface area contributed by atoms with Gasteiger partial charge in [0, 0.05) is 17.2 Å². The van der Waals surface area contributed by atoms with Crippen LogP contribution in [-0.2, 0) is 0 Å². The second kappa shape index (κ2) is 7.27. The van der Waals surface area contributed by atoms with Crippen LogP contribution in [-0.4, -0.2) is 44.1 Å². The van der Waals surface area contributed by atoms with Crippen LogP contribution in [0.25, 0.3) is 11.2 Å². The minimum atomic E-state index is -0.714. The van der Waals surface area contributed by atoms with Crippen molar-refractivity contribution in [2.24, 2.45) is 5.73 Å². The van der Waals surface area contributed by atoms with Crippen molar-refractivity contribution < 1.29 is 4.39 Å². The number of nitrogens with two attached hydrogens (primary N) is 1. The van der Waals surface area contributed by atoms with Crippen molar-refractivity contribution in [1.82, 2.24) is 19.9 Å². The molecular formula is C21H26FN7. The highest BCUT2D eigenvalue weighted by Crippen LogP contribution is 2.41. The summed E-state index contributed by atoms with van der Waals surface area (Å²) in [5.74, 6) is -0.714. The van der Waals surface area contributed by atoms with Crippen LogP contribution in [0.4, 0.5) is 4.39 Å². The van der Waals surface area contributed by atoms with Gasteiger partial charge in [-0.05, 0) is 69.9 Å². The molecule has 3 heterocycles. The van der Waals surface area contributed by atoms with Crippen LogP contribution < -0.4 is 11.1 Å². The van der Waals surface area contributed by atoms with E-state index in [1.165, 1.54) is 37.8 Å². The van der Waals surface area contributed by atoms with Crippen LogP contribution >= 0.6 is 0 Å². The Kier molecular flexibility index (Phi) is 4.92. The molecule has 3 aliphatic rings. The zero-order valence-corrected chi connectivity index (χ0v) is 16.7. The molecule has 2 aliphatic carbocycles. The number of aromatic nitrogens is 3. The number of hydrogen-bond acceptors (Lipinski definition) is 6. The molecule has 0 bridgehead atoms. The summed E-state index contributed by atoms with van der Waals surface area (Å²) in [5.41, 5.74) is 9.36. The Hall–Kier alpha value is -2.71. The average Bonchev–Trinajstić information content (AvgIpc) is 3.27. The summed E-state index contributed by atoms with van der Waals surface area (Å²) >= 11 is 0. The van der Waals surface area contributed by atoms with Crippen LogP contribution in [0.15, 0.2) is 30.2 Å². The lowest BCUT2D eigenvalue weighted by atomic mass is 9.99. The number of imidazole rings is 1. The number of allylic oxidation sites excluding steroid dienone is 4. The van der Waals surface area contributed by atoms with Gasteiger partial charge >= 0.3 is 0 Å². The Bertz CT molecular complexity index is 1060. The molecule has 5 rings (SSSR count). The fourth-order valence-corrected chi connectivity index (χ4v) is 3.87. The summed E-state index contributed by atoms with van der Waals surface area (Å²) in [6, 6.07) is 2.29. The highest BCUT2D eigenvalue weighted by atomic mass is 19.1. The van der Waals surface area contributed by atoms with E-state index in [9.17, 15) is 4.39 Å². The van der Waals surface area contributed by atoms with Gasteiger partial charge in [-0.1, -0.05) is 0 Å². The first-order valence-corrected chi connectivity index (χ1v) is 9.88. The molecule has 1 atom stereocenters. The molecule has 2 aromatic rings. The standard InChI is InChI=1S/C14H12FN5.C7H14N2/c1-7-3-12(19-20-6-8(2)18-14(7)20)9-4-10(15)13(17)11(16)5-9;8-6-1-4-9-7(5-6)2-3-7/h3-6,16-17H,1-2H3;6,9H,1-5,8H2. The third-order valence-corrected chi connectivity index (χ3v) is 5.64. The monoisotopic (exact) mass is 395 g/mol. The number of piperidine rings is 1. The van der Waals surface area contributed by atoms with Crippen molar-refractivity contribution in [3.05, 3.63) is 47.2 Å². The number of fused-ring (bicyclic) bond motifs is 1. The van der Waals surface area contributed by atoms with Gasteiger partial charge in [0.15, 0.2) is 11.5 Å². The molecule has 152 valence electrons. The van der Waals surface area contributed by atoms with E-state index in [-0.39, 0.29) is 5.71 Å². The molecule has 1 saturated carbocycles. The molecule has 1 unspecified atom stereocenters. The molecule has 29 heavy (non-hydrogen) atoms. The van der Waals surface area contributed by atoms with Gasteiger partial charge in [-0.25, -0.2) is 13.9 Å². The molecule has 0 amide bonds. The fourth-order valence-electron chi connectivity index (χ4n) is 3.87. The maximum absolute atomic E-state index is 13.6. The van der Waals surface area contributed by atoms with E-state index >= 15 is 0 Å². The maximum Gasteiger partial charge on any atom is 0.156 e. The maximum atomic E-state index is 13.6. The predicted molar refractivity (Wildman–Crippen MR) is 112 cm³/mol. The minimum absolute atomic E-state index is 0.152. The lowest BCUT2D eigenvalue weighted by Gasteiger charge is -2.27. The molecule has 2 aromatic heterocycles. The zero-order chi connectivity index (χ0) is 20.8. The van der Waals surface area contributed by atoms with Crippen LogP contribution in [0, 0.1) is 24.7 Å². The van der Waals surface area contributed by atoms with Crippen LogP contribution in [0.3, 0.4) is 0 Å². The Morgan fingerprint density at radius 1 is 1.28 bits per heavy atom. The summed E-state index contributed by atoms with van der Waals surface area (Å²) in [7, 11) is 0. The first-order chi connectivity index (χ1) is 13.8. The Labute approximate surface area is 168 Å². The van der Waals surface area contributed by atoms with Gasteiger partial charge in [0.25, 0.3) is 0 Å². The number of rotatable bonds is 1. The van der Waals surface area contributed by atoms with E-state index in [1.54, 1.807) is 16.8 Å². The van der Waals surface area contributed by atoms with E-state index in [0.717, 1.165) is 23.4 Å². The van der Waals surface area contributed by atoms with E-state index in [0.29, 0.717) is 22.8 Å². The van der Waals surface area contributed by atoms with Gasteiger partial charge in [-0.15, -0.1) is 0 Å². The molecule has 5 N–H and O–H groups in total. The van der Waals surface area contributed by atoms with E-state index in [1.807, 2.05) is 13.8 Å². The molecule has 0 radical (unpaired) electrons. The summed E-state index contributed by atoms with van der Waals surface area (Å²) in [4.78, 5) is 4.36. The molecular weight excluding hydrogens is 369 g/mol. The number of nitrogens with zero attached hydrogens (tertiary/aromatic N) is 3. The van der Waals surface area contributed by atoms with Crippen LogP contribution in [0.1, 0.15) is 42.6 Å². The van der Waals surface area contributed by atoms with Crippen molar-refractivity contribution in [3.63, 3.8) is 0 Å². The van der Waals surface area contributed by atoms with Crippen molar-refractivity contribution >= 4 is 22.6 Å². The third kappa shape index (κ3) is 4.04. The van der Waals surface area contributed by atoms with Gasteiger partial charge in [0.05, 0.1) is 23.3 Å². The quantitative estimate of drug-likeness (QED) is 0.556. The van der Waals surface area contributed by atoms with Gasteiger partial charge in [0.1, 0.15) is 5.71 Å². The Morgan fingerprint density at radius 2 is 2.03 bits per heavy atom. The number of hydrogen-bond donors (Lipinski definition) is 4. The van der Waals surface area contributed by atoms with Crippen molar-refractivity contribution in [1.29, 1.82) is 10.8 Å². The molecule has 2 fully saturated rings. The zero-order valence-electron chi connectivity index (χ0n) is 16.7. The fraction of sp³-hybridized carbons (Fsp3) is 0.429. The molecule has 8 heteroatoms. The average molecular weight is 395 g/mol. The first-order valence-electron chi connectivity index (χ1n) is 9.88. The lowest BCUT2D eigenvalue weighted by molar-refractivity contribution is 0.346. The van der Waals surface area contributed by atoms with Gasteiger partial charge < -0.3 is 11.1 Å². The molecule has 0 aromatic carbocycles. The predicted octanol–water partition coefficient (Wildman–Crippen LogP) is 2.87. The van der Waals surface area contributed by atoms with Gasteiger partial charge in [0.2, 0.25) is 0 Å². The first kappa shape index (κ1) is 19.6. The van der Waals surface area contributed by atoms with Crippen LogP contribution in [0.5, 0.6) is 0 Å². The topological polar surface area (TPSA) is 116 Å². The SMILES string of the molecule is Cc1cn2nc(C3=CC(=N)C(=N)C(F)=C3)cc(C)c2n1.NC1CCNC2(CC2)C1. The lowest BCUT2D eigenvalue weighted by Crippen LogP contribution is -2.45. The number of aryl methyl sites for hydroxylation is 2. The number of nitrogens with one attached hydrogen (secondary N) is 3. The van der Waals surface area contributed by atoms with Gasteiger partial charge in [-0.2, -0.15) is 5.10 Å². The largest absolute Gasteiger partial charge is 0.328 e. The summed E-state index contributed by atoms with van der Waals surface area (Å²) in [5, 5.41) is 22.9. The highest BCUT2D eigenvalue weighted by molar-refractivity contribution is 6.51. The van der Waals surface area contributed by atoms with E-state index in [4.69, 9.17) is 16.6 Å². The molecule has 1 saturated heterocycles. The normalized spacial score (nSPS) is 22.8. The number of halogens is 1. The Morgan fingerprint density at radius 3 is 2.66 bits per heavy atom. The second-order valence-corrected chi connectivity index (χ2v) is 8.20. The molecule has 1 aliphatic heterocycles. The summed E-state index contributed by atoms with van der Waals surface area (Å²) < 4.78 is 15.2. The van der Waals surface area contributed by atoms with Crippen LogP contribution in [0.2, 0.25) is 0 Å². The molecule has 1 spiro atoms. The highest BCUT2D eigenvalue weighted by Gasteiger charge is 2.44. The van der Waals surface area contributed by atoms with Crippen molar-refractivity contribution in [2.75, 3.05) is 6.54 Å². The van der Waals surface area contributed by atoms with E-state index in [2.05, 4.69) is 15.4 Å². The van der Waals surface area contributed by atoms with E-state index < -0.39 is 11.5 Å². The van der Waals surface area contributed by atoms with Gasteiger partial charge in [-0.3, -0.25) is 10.8 Å². The van der Waals surface area contributed by atoms with Crippen molar-refractivity contribution in [2.45, 2.75) is 51.1 Å². The van der Waals surface area contributed by atoms with Crippen molar-refractivity contribution in [3.8, 4) is 0 Å². The smallest absolute Gasteiger partial charge is 0.156 e. The summed E-state index contributed by atoms with van der Waals surface area (Å²) in [6.07, 6.45) is 9.58. The minimum Gasteiger partial charge on any atom is -0.328 e. The molecule has 7 nitrogen and oxygen atoms in total. The second-order valence-electron chi connectivity index (χ2n) is 8.20. The third-order valence-electron chi connectivity index (χ3n) is 5.64. The Balaban J connectivity index is 0.000000188.